The smallest absolute Gasteiger partial charge is 0.325 e. The van der Waals surface area contributed by atoms with E-state index in [1.54, 1.807) is 4.31 Å². The van der Waals surface area contributed by atoms with Crippen LogP contribution in [0, 0.1) is 16.7 Å². The number of fused-ring (bicyclic) bond motifs is 4. The molecule has 5 aliphatic rings. The van der Waals surface area contributed by atoms with Gasteiger partial charge < -0.3 is 5.32 Å². The molecule has 14 heteroatoms. The molecule has 3 aliphatic carbocycles. The van der Waals surface area contributed by atoms with Gasteiger partial charge >= 0.3 is 6.03 Å². The van der Waals surface area contributed by atoms with Gasteiger partial charge in [-0.2, -0.15) is 5.21 Å². The Kier molecular flexibility index (Phi) is 6.48. The van der Waals surface area contributed by atoms with Gasteiger partial charge in [0.15, 0.2) is 0 Å². The number of rotatable bonds is 7. The van der Waals surface area contributed by atoms with Gasteiger partial charge in [-0.05, 0) is 78.0 Å². The van der Waals surface area contributed by atoms with E-state index in [-0.39, 0.29) is 34.9 Å². The van der Waals surface area contributed by atoms with E-state index in [4.69, 9.17) is 0 Å². The Labute approximate surface area is 250 Å². The number of sulfonamides is 1. The standard InChI is InChI=1S/C29H38N8O5S/c1-27(2)19-8-10-29(27,17-43(41,42)36-13-11-28(12-14-36)9-7-18-5-3-4-6-20(18)28)22(15-19)37-24(39)21(30-26(37)40)16-23(38)31-25-32-34-35-33-25/h3-6,19,21-22H,7-17H2,1-2H3,(H,30,40)(H2,31,32,33,34,35,38)/t19-,21?,22+,29-/m1/s1. The van der Waals surface area contributed by atoms with E-state index in [1.807, 2.05) is 0 Å². The molecule has 2 aliphatic heterocycles. The molecule has 4 fully saturated rings. The summed E-state index contributed by atoms with van der Waals surface area (Å²) in [4.78, 5) is 40.7. The Morgan fingerprint density at radius 2 is 1.88 bits per heavy atom. The summed E-state index contributed by atoms with van der Waals surface area (Å²) in [5.41, 5.74) is 1.63. The van der Waals surface area contributed by atoms with Crippen molar-refractivity contribution >= 4 is 33.8 Å². The first-order valence-electron chi connectivity index (χ1n) is 15.2. The normalized spacial score (nSPS) is 31.0. The predicted octanol–water partition coefficient (Wildman–Crippen LogP) is 1.95. The molecule has 230 valence electrons. The Bertz CT molecular complexity index is 1570. The van der Waals surface area contributed by atoms with E-state index in [9.17, 15) is 22.8 Å². The number of aryl methyl sites for hydroxylation is 1. The molecule has 13 nitrogen and oxygen atoms in total. The van der Waals surface area contributed by atoms with Crippen LogP contribution in [0.4, 0.5) is 10.7 Å². The molecule has 43 heavy (non-hydrogen) atoms. The Morgan fingerprint density at radius 1 is 1.12 bits per heavy atom. The van der Waals surface area contributed by atoms with Crippen molar-refractivity contribution in [3.05, 3.63) is 35.4 Å². The lowest BCUT2D eigenvalue weighted by Gasteiger charge is -2.46. The first kappa shape index (κ1) is 28.4. The first-order valence-corrected chi connectivity index (χ1v) is 16.8. The van der Waals surface area contributed by atoms with Crippen LogP contribution in [0.25, 0.3) is 0 Å². The van der Waals surface area contributed by atoms with Crippen LogP contribution in [0.2, 0.25) is 0 Å². The van der Waals surface area contributed by atoms with Crippen molar-refractivity contribution in [2.24, 2.45) is 16.7 Å². The second-order valence-electron chi connectivity index (χ2n) is 13.7. The number of anilines is 1. The topological polar surface area (TPSA) is 170 Å². The van der Waals surface area contributed by atoms with Crippen LogP contribution in [-0.4, -0.2) is 87.0 Å². The Balaban J connectivity index is 1.09. The minimum absolute atomic E-state index is 0.0292. The number of imide groups is 1. The van der Waals surface area contributed by atoms with Crippen molar-refractivity contribution < 1.29 is 22.8 Å². The van der Waals surface area contributed by atoms with E-state index < -0.39 is 45.4 Å². The second kappa shape index (κ2) is 9.81. The largest absolute Gasteiger partial charge is 0.325 e. The van der Waals surface area contributed by atoms with Crippen LogP contribution < -0.4 is 10.6 Å². The number of aromatic amines is 1. The maximum Gasteiger partial charge on any atom is 0.325 e. The number of piperidine rings is 1. The van der Waals surface area contributed by atoms with Gasteiger partial charge in [0.2, 0.25) is 15.9 Å². The van der Waals surface area contributed by atoms with Gasteiger partial charge in [0, 0.05) is 24.5 Å². The molecule has 4 atom stereocenters. The van der Waals surface area contributed by atoms with Crippen molar-refractivity contribution in [2.75, 3.05) is 24.2 Å². The number of nitrogens with one attached hydrogen (secondary N) is 3. The molecule has 2 bridgehead atoms. The van der Waals surface area contributed by atoms with Crippen LogP contribution in [0.1, 0.15) is 69.9 Å². The molecule has 3 N–H and O–H groups in total. The van der Waals surface area contributed by atoms with Gasteiger partial charge in [-0.15, -0.1) is 5.10 Å². The van der Waals surface area contributed by atoms with Crippen LogP contribution in [-0.2, 0) is 31.4 Å². The number of carbonyl (C=O) groups excluding carboxylic acids is 3. The molecule has 1 aromatic carbocycles. The monoisotopic (exact) mass is 610 g/mol. The molecule has 1 unspecified atom stereocenters. The highest BCUT2D eigenvalue weighted by atomic mass is 32.2. The summed E-state index contributed by atoms with van der Waals surface area (Å²) in [6, 6.07) is 6.35. The molecular formula is C29H38N8O5S. The predicted molar refractivity (Wildman–Crippen MR) is 155 cm³/mol. The number of benzene rings is 1. The average molecular weight is 611 g/mol. The van der Waals surface area contributed by atoms with E-state index in [0.29, 0.717) is 25.9 Å². The van der Waals surface area contributed by atoms with Crippen molar-refractivity contribution in [3.63, 3.8) is 0 Å². The fourth-order valence-corrected chi connectivity index (χ4v) is 11.5. The zero-order valence-corrected chi connectivity index (χ0v) is 25.3. The number of carbonyl (C=O) groups is 3. The molecule has 2 aromatic rings. The van der Waals surface area contributed by atoms with Crippen molar-refractivity contribution in [1.29, 1.82) is 0 Å². The highest BCUT2D eigenvalue weighted by Gasteiger charge is 2.69. The fraction of sp³-hybridized carbons (Fsp3) is 0.655. The fourth-order valence-electron chi connectivity index (χ4n) is 9.18. The summed E-state index contributed by atoms with van der Waals surface area (Å²) in [5.74, 6) is -0.983. The maximum absolute atomic E-state index is 14.2. The van der Waals surface area contributed by atoms with Gasteiger partial charge in [-0.3, -0.25) is 19.8 Å². The highest BCUT2D eigenvalue weighted by Crippen LogP contribution is 2.67. The number of aromatic nitrogens is 4. The molecule has 1 spiro atoms. The summed E-state index contributed by atoms with van der Waals surface area (Å²) in [7, 11) is -3.69. The molecule has 4 amide bonds. The summed E-state index contributed by atoms with van der Waals surface area (Å²) < 4.78 is 30.0. The quantitative estimate of drug-likeness (QED) is 0.400. The third-order valence-electron chi connectivity index (χ3n) is 11.7. The lowest BCUT2D eigenvalue weighted by atomic mass is 9.68. The van der Waals surface area contributed by atoms with Crippen molar-refractivity contribution in [2.45, 2.75) is 82.7 Å². The zero-order valence-electron chi connectivity index (χ0n) is 24.5. The lowest BCUT2D eigenvalue weighted by molar-refractivity contribution is -0.133. The van der Waals surface area contributed by atoms with Gasteiger partial charge in [0.05, 0.1) is 12.2 Å². The summed E-state index contributed by atoms with van der Waals surface area (Å²) in [5, 5.41) is 18.1. The SMILES string of the molecule is CC1(C)[C@@H]2CC[C@@]1(CS(=O)(=O)N1CCC3(CCc4ccccc43)CC1)[C@@H](N1C(=O)NC(CC(=O)Nc3nn[nH]n3)C1=O)C2. The summed E-state index contributed by atoms with van der Waals surface area (Å²) >= 11 is 0. The summed E-state index contributed by atoms with van der Waals surface area (Å²) in [6.07, 6.45) is 5.44. The molecule has 3 heterocycles. The molecule has 7 rings (SSSR count). The van der Waals surface area contributed by atoms with Gasteiger partial charge in [-0.25, -0.2) is 17.5 Å². The first-order chi connectivity index (χ1) is 20.5. The van der Waals surface area contributed by atoms with Crippen molar-refractivity contribution in [3.8, 4) is 0 Å². The minimum atomic E-state index is -3.69. The number of hydrogen-bond donors (Lipinski definition) is 3. The molecule has 0 radical (unpaired) electrons. The second-order valence-corrected chi connectivity index (χ2v) is 15.6. The third-order valence-corrected chi connectivity index (χ3v) is 13.7. The summed E-state index contributed by atoms with van der Waals surface area (Å²) in [6.45, 7) is 5.13. The van der Waals surface area contributed by atoms with E-state index in [1.165, 1.54) is 16.0 Å². The average Bonchev–Trinajstić information content (AvgIpc) is 3.75. The maximum atomic E-state index is 14.2. The Hall–Kier alpha value is -3.39. The van der Waals surface area contributed by atoms with Gasteiger partial charge in [-0.1, -0.05) is 43.2 Å². The number of H-pyrrole nitrogens is 1. The number of urea groups is 1. The molecule has 1 aromatic heterocycles. The number of amides is 4. The Morgan fingerprint density at radius 3 is 2.60 bits per heavy atom. The third kappa shape index (κ3) is 4.31. The lowest BCUT2D eigenvalue weighted by Crippen LogP contribution is -2.56. The highest BCUT2D eigenvalue weighted by molar-refractivity contribution is 7.89. The minimum Gasteiger partial charge on any atom is -0.325 e. The van der Waals surface area contributed by atoms with E-state index in [2.05, 4.69) is 69.4 Å². The van der Waals surface area contributed by atoms with Crippen molar-refractivity contribution in [1.82, 2.24) is 35.1 Å². The van der Waals surface area contributed by atoms with Crippen LogP contribution in [0.5, 0.6) is 0 Å². The number of nitrogens with zero attached hydrogens (tertiary/aromatic N) is 5. The number of tetrazole rings is 1. The van der Waals surface area contributed by atoms with Crippen LogP contribution in [0.15, 0.2) is 24.3 Å². The molecular weight excluding hydrogens is 572 g/mol. The van der Waals surface area contributed by atoms with Gasteiger partial charge in [0.25, 0.3) is 11.9 Å². The van der Waals surface area contributed by atoms with Gasteiger partial charge in [0.1, 0.15) is 6.04 Å². The van der Waals surface area contributed by atoms with Crippen LogP contribution in [0.3, 0.4) is 0 Å². The van der Waals surface area contributed by atoms with E-state index in [0.717, 1.165) is 32.1 Å². The van der Waals surface area contributed by atoms with E-state index >= 15 is 0 Å². The van der Waals surface area contributed by atoms with Crippen LogP contribution >= 0.6 is 0 Å². The zero-order chi connectivity index (χ0) is 30.2. The molecule has 2 saturated carbocycles. The molecule has 2 saturated heterocycles. The number of hydrogen-bond acceptors (Lipinski definition) is 8.